The lowest BCUT2D eigenvalue weighted by molar-refractivity contribution is -0.459. The van der Waals surface area contributed by atoms with Gasteiger partial charge in [0.2, 0.25) is 6.34 Å². The van der Waals surface area contributed by atoms with E-state index in [9.17, 15) is 14.9 Å². The molecule has 0 aliphatic carbocycles. The van der Waals surface area contributed by atoms with Gasteiger partial charge in [0.25, 0.3) is 5.69 Å². The Kier molecular flexibility index (Phi) is 7.43. The molecule has 31 heavy (non-hydrogen) atoms. The average molecular weight is 457 g/mol. The molecule has 0 spiro atoms. The fourth-order valence-corrected chi connectivity index (χ4v) is 5.34. The van der Waals surface area contributed by atoms with Gasteiger partial charge in [-0.05, 0) is 18.6 Å². The van der Waals surface area contributed by atoms with Gasteiger partial charge in [0.1, 0.15) is 5.56 Å². The van der Waals surface area contributed by atoms with E-state index < -0.39 is 10.9 Å². The number of para-hydroxylation sites is 1. The highest BCUT2D eigenvalue weighted by Gasteiger charge is 2.29. The van der Waals surface area contributed by atoms with Crippen LogP contribution in [0.25, 0.3) is 11.1 Å². The second-order valence-electron chi connectivity index (χ2n) is 6.62. The van der Waals surface area contributed by atoms with Gasteiger partial charge in [0, 0.05) is 11.6 Å². The molecule has 0 radical (unpaired) electrons. The fraction of sp³-hybridized carbons (Fsp3) is 0.182. The third-order valence-electron chi connectivity index (χ3n) is 4.14. The van der Waals surface area contributed by atoms with Crippen molar-refractivity contribution in [2.24, 2.45) is 0 Å². The number of benzene rings is 2. The summed E-state index contributed by atoms with van der Waals surface area (Å²) < 4.78 is 7.93. The van der Waals surface area contributed by atoms with Crippen LogP contribution >= 0.6 is 23.1 Å². The Labute approximate surface area is 188 Å². The van der Waals surface area contributed by atoms with Crippen LogP contribution in [0.2, 0.25) is 0 Å². The molecule has 2 aromatic carbocycles. The molecule has 0 saturated heterocycles. The van der Waals surface area contributed by atoms with Crippen LogP contribution in [0.3, 0.4) is 0 Å². The maximum atomic E-state index is 12.9. The van der Waals surface area contributed by atoms with Crippen molar-refractivity contribution in [1.29, 1.82) is 0 Å². The van der Waals surface area contributed by atoms with Gasteiger partial charge in [0.05, 0.1) is 34.7 Å². The number of nitro groups is 1. The van der Waals surface area contributed by atoms with Crippen molar-refractivity contribution < 1.29 is 19.0 Å². The fourth-order valence-electron chi connectivity index (χ4n) is 2.83. The molecular formula is C22H22N3O4S2+. The van der Waals surface area contributed by atoms with Gasteiger partial charge in [0.15, 0.2) is 5.00 Å². The lowest BCUT2D eigenvalue weighted by atomic mass is 10.0. The molecule has 3 rings (SSSR count). The molecule has 0 bridgehead atoms. The zero-order valence-electron chi connectivity index (χ0n) is 17.3. The summed E-state index contributed by atoms with van der Waals surface area (Å²) in [5.74, 6) is -0.443. The second-order valence-corrected chi connectivity index (χ2v) is 8.95. The summed E-state index contributed by atoms with van der Waals surface area (Å²) in [5, 5.41) is 15.3. The lowest BCUT2D eigenvalue weighted by Gasteiger charge is -2.08. The minimum Gasteiger partial charge on any atom is -0.462 e. The van der Waals surface area contributed by atoms with Crippen molar-refractivity contribution in [3.63, 3.8) is 0 Å². The Balaban J connectivity index is 2.22. The standard InChI is InChI=1S/C22H21N3O4S2/c1-4-29-21(26)19-18(15-10-6-5-7-11-15)22(31-20(19)23-14-24(2)3)30-17-13-9-8-12-16(17)25(27)28/h5-14H,4H2,1-3H3/p+1. The highest BCUT2D eigenvalue weighted by molar-refractivity contribution is 8.01. The molecule has 9 heteroatoms. The van der Waals surface area contributed by atoms with E-state index in [1.165, 1.54) is 29.2 Å². The Bertz CT molecular complexity index is 1120. The highest BCUT2D eigenvalue weighted by Crippen LogP contribution is 2.49. The van der Waals surface area contributed by atoms with E-state index in [1.807, 2.05) is 49.0 Å². The van der Waals surface area contributed by atoms with Gasteiger partial charge in [-0.2, -0.15) is 0 Å². The van der Waals surface area contributed by atoms with E-state index >= 15 is 0 Å². The van der Waals surface area contributed by atoms with Gasteiger partial charge in [-0.3, -0.25) is 14.7 Å². The van der Waals surface area contributed by atoms with Crippen molar-refractivity contribution in [3.05, 3.63) is 70.3 Å². The number of esters is 1. The zero-order valence-corrected chi connectivity index (χ0v) is 19.0. The van der Waals surface area contributed by atoms with E-state index in [4.69, 9.17) is 4.74 Å². The SMILES string of the molecule is CCOC(=O)c1c(NC=[N+](C)C)sc(Sc2ccccc2[N+](=O)[O-])c1-c1ccccc1. The number of nitro benzene ring substituents is 1. The Morgan fingerprint density at radius 1 is 1.16 bits per heavy atom. The lowest BCUT2D eigenvalue weighted by Crippen LogP contribution is -2.11. The molecule has 0 saturated carbocycles. The van der Waals surface area contributed by atoms with Crippen LogP contribution in [0.4, 0.5) is 10.7 Å². The molecule has 0 fully saturated rings. The molecule has 0 atom stereocenters. The summed E-state index contributed by atoms with van der Waals surface area (Å²) in [4.78, 5) is 24.6. The summed E-state index contributed by atoms with van der Waals surface area (Å²) in [5.41, 5.74) is 1.96. The number of nitrogens with one attached hydrogen (secondary N) is 1. The quantitative estimate of drug-likeness (QED) is 0.123. The Morgan fingerprint density at radius 2 is 1.84 bits per heavy atom. The predicted molar refractivity (Wildman–Crippen MR) is 125 cm³/mol. The molecule has 7 nitrogen and oxygen atoms in total. The van der Waals surface area contributed by atoms with Crippen molar-refractivity contribution in [2.45, 2.75) is 16.0 Å². The van der Waals surface area contributed by atoms with Gasteiger partial charge in [-0.25, -0.2) is 10.1 Å². The number of rotatable bonds is 8. The smallest absolute Gasteiger partial charge is 0.344 e. The minimum atomic E-state index is -0.443. The first-order valence-corrected chi connectivity index (χ1v) is 11.1. The van der Waals surface area contributed by atoms with Crippen LogP contribution in [0.5, 0.6) is 0 Å². The van der Waals surface area contributed by atoms with Crippen LogP contribution in [-0.4, -0.2) is 42.5 Å². The number of carbonyl (C=O) groups excluding carboxylic acids is 1. The second kappa shape index (κ2) is 10.2. The van der Waals surface area contributed by atoms with E-state index in [-0.39, 0.29) is 12.3 Å². The van der Waals surface area contributed by atoms with E-state index in [1.54, 1.807) is 31.5 Å². The minimum absolute atomic E-state index is 0.0203. The predicted octanol–water partition coefficient (Wildman–Crippen LogP) is 5.36. The Hall–Kier alpha value is -3.17. The van der Waals surface area contributed by atoms with Crippen molar-refractivity contribution in [3.8, 4) is 11.1 Å². The molecule has 0 aliphatic heterocycles. The van der Waals surface area contributed by atoms with Gasteiger partial charge in [-0.15, -0.1) is 0 Å². The van der Waals surface area contributed by atoms with Crippen LogP contribution in [0.1, 0.15) is 17.3 Å². The molecule has 1 N–H and O–H groups in total. The molecular weight excluding hydrogens is 434 g/mol. The van der Waals surface area contributed by atoms with E-state index in [2.05, 4.69) is 5.32 Å². The number of nitrogens with zero attached hydrogens (tertiary/aromatic N) is 2. The molecule has 1 heterocycles. The van der Waals surface area contributed by atoms with Crippen molar-refractivity contribution in [1.82, 2.24) is 0 Å². The highest BCUT2D eigenvalue weighted by atomic mass is 32.2. The maximum Gasteiger partial charge on any atom is 0.344 e. The van der Waals surface area contributed by atoms with Crippen LogP contribution in [0, 0.1) is 10.1 Å². The molecule has 1 aromatic heterocycles. The third-order valence-corrected chi connectivity index (χ3v) is 6.51. The summed E-state index contributed by atoms with van der Waals surface area (Å²) >= 11 is 2.63. The van der Waals surface area contributed by atoms with Crippen molar-refractivity contribution >= 4 is 46.1 Å². The number of thiophene rings is 1. The number of anilines is 1. The van der Waals surface area contributed by atoms with Crippen LogP contribution in [-0.2, 0) is 4.74 Å². The number of hydrogen-bond donors (Lipinski definition) is 1. The van der Waals surface area contributed by atoms with Gasteiger partial charge >= 0.3 is 5.97 Å². The van der Waals surface area contributed by atoms with E-state index in [0.29, 0.717) is 21.0 Å². The first-order chi connectivity index (χ1) is 14.9. The third kappa shape index (κ3) is 5.31. The molecule has 0 amide bonds. The molecule has 160 valence electrons. The van der Waals surface area contributed by atoms with Crippen LogP contribution in [0.15, 0.2) is 63.7 Å². The normalized spacial score (nSPS) is 10.4. The topological polar surface area (TPSA) is 84.5 Å². The number of hydrogen-bond acceptors (Lipinski definition) is 6. The monoisotopic (exact) mass is 456 g/mol. The number of carbonyl (C=O) groups is 1. The largest absolute Gasteiger partial charge is 0.462 e. The molecule has 3 aromatic rings. The van der Waals surface area contributed by atoms with Gasteiger partial charge < -0.3 is 4.74 Å². The van der Waals surface area contributed by atoms with Crippen molar-refractivity contribution in [2.75, 3.05) is 26.0 Å². The Morgan fingerprint density at radius 3 is 2.48 bits per heavy atom. The van der Waals surface area contributed by atoms with Crippen LogP contribution < -0.4 is 5.32 Å². The average Bonchev–Trinajstić information content (AvgIpc) is 3.11. The summed E-state index contributed by atoms with van der Waals surface area (Å²) in [6.07, 6.45) is 1.74. The molecule has 0 unspecified atom stereocenters. The number of ether oxygens (including phenoxy) is 1. The van der Waals surface area contributed by atoms with E-state index in [0.717, 1.165) is 9.77 Å². The summed E-state index contributed by atoms with van der Waals surface area (Å²) in [7, 11) is 3.73. The summed E-state index contributed by atoms with van der Waals surface area (Å²) in [6.45, 7) is 2.00. The zero-order chi connectivity index (χ0) is 22.4. The summed E-state index contributed by atoms with van der Waals surface area (Å²) in [6, 6.07) is 16.1. The first-order valence-electron chi connectivity index (χ1n) is 9.49. The van der Waals surface area contributed by atoms with Gasteiger partial charge in [-0.1, -0.05) is 65.6 Å². The first kappa shape index (κ1) is 22.5. The molecule has 0 aliphatic rings. The maximum absolute atomic E-state index is 12.9.